The van der Waals surface area contributed by atoms with Crippen LogP contribution in [0.3, 0.4) is 0 Å². The van der Waals surface area contributed by atoms with Crippen molar-refractivity contribution in [2.45, 2.75) is 52.1 Å². The van der Waals surface area contributed by atoms with E-state index < -0.39 is 16.1 Å². The number of hydrogen-bond acceptors (Lipinski definition) is 5. The van der Waals surface area contributed by atoms with Crippen LogP contribution in [0.1, 0.15) is 45.1 Å². The van der Waals surface area contributed by atoms with Gasteiger partial charge in [0.05, 0.1) is 24.1 Å². The Morgan fingerprint density at radius 2 is 1.84 bits per heavy atom. The standard InChI is InChI=1S/C26H35Cl2N3O5S/c1-5-6-14-29-26(33)19(2)30(18-20-9-7-10-22(16-20)36-3)25(32)11-8-15-31(37(4,34)35)24-17-21(27)12-13-23(24)28/h7,9-10,12-13,16-17,19H,5-6,8,11,14-15,18H2,1-4H3,(H,29,33). The molecule has 1 unspecified atom stereocenters. The van der Waals surface area contributed by atoms with E-state index in [2.05, 4.69) is 5.32 Å². The quantitative estimate of drug-likeness (QED) is 0.326. The molecule has 0 saturated carbocycles. The van der Waals surface area contributed by atoms with Gasteiger partial charge in [-0.25, -0.2) is 8.42 Å². The first kappa shape index (κ1) is 30.7. The van der Waals surface area contributed by atoms with E-state index in [-0.39, 0.29) is 48.5 Å². The zero-order valence-electron chi connectivity index (χ0n) is 21.7. The number of halogens is 2. The minimum atomic E-state index is -3.69. The Hall–Kier alpha value is -2.49. The van der Waals surface area contributed by atoms with E-state index in [9.17, 15) is 18.0 Å². The molecule has 0 bridgehead atoms. The molecule has 0 aromatic heterocycles. The Morgan fingerprint density at radius 1 is 1.11 bits per heavy atom. The molecule has 0 spiro atoms. The lowest BCUT2D eigenvalue weighted by molar-refractivity contribution is -0.140. The number of benzene rings is 2. The molecule has 8 nitrogen and oxygen atoms in total. The number of unbranched alkanes of at least 4 members (excludes halogenated alkanes) is 1. The maximum absolute atomic E-state index is 13.4. The number of rotatable bonds is 14. The van der Waals surface area contributed by atoms with Crippen molar-refractivity contribution >= 4 is 50.7 Å². The fourth-order valence-corrected chi connectivity index (χ4v) is 5.15. The van der Waals surface area contributed by atoms with Crippen molar-refractivity contribution in [1.82, 2.24) is 10.2 Å². The van der Waals surface area contributed by atoms with Crippen molar-refractivity contribution in [1.29, 1.82) is 0 Å². The van der Waals surface area contributed by atoms with Gasteiger partial charge in [0.1, 0.15) is 11.8 Å². The van der Waals surface area contributed by atoms with Crippen LogP contribution in [0.25, 0.3) is 0 Å². The van der Waals surface area contributed by atoms with Gasteiger partial charge >= 0.3 is 0 Å². The Morgan fingerprint density at radius 3 is 2.49 bits per heavy atom. The lowest BCUT2D eigenvalue weighted by Gasteiger charge is -2.29. The molecule has 0 radical (unpaired) electrons. The van der Waals surface area contributed by atoms with E-state index >= 15 is 0 Å². The number of ether oxygens (including phenoxy) is 1. The number of nitrogens with one attached hydrogen (secondary N) is 1. The van der Waals surface area contributed by atoms with Crippen LogP contribution in [0.5, 0.6) is 5.75 Å². The highest BCUT2D eigenvalue weighted by atomic mass is 35.5. The first-order chi connectivity index (χ1) is 17.5. The number of hydrogen-bond donors (Lipinski definition) is 1. The molecule has 2 aromatic rings. The average molecular weight is 573 g/mol. The second kappa shape index (κ2) is 14.4. The molecule has 0 heterocycles. The molecule has 204 valence electrons. The molecule has 0 aliphatic rings. The molecule has 2 aromatic carbocycles. The lowest BCUT2D eigenvalue weighted by atomic mass is 10.1. The molecule has 0 fully saturated rings. The number of carbonyl (C=O) groups is 2. The summed E-state index contributed by atoms with van der Waals surface area (Å²) in [6.07, 6.45) is 3.10. The van der Waals surface area contributed by atoms with Gasteiger partial charge in [-0.2, -0.15) is 0 Å². The number of sulfonamides is 1. The first-order valence-corrected chi connectivity index (χ1v) is 14.7. The van der Waals surface area contributed by atoms with Crippen LogP contribution in [0.4, 0.5) is 5.69 Å². The summed E-state index contributed by atoms with van der Waals surface area (Å²) in [5.41, 5.74) is 1.06. The normalized spacial score (nSPS) is 12.1. The Kier molecular flexibility index (Phi) is 12.0. The number of carbonyl (C=O) groups excluding carboxylic acids is 2. The van der Waals surface area contributed by atoms with E-state index in [1.165, 1.54) is 17.0 Å². The molecule has 37 heavy (non-hydrogen) atoms. The minimum absolute atomic E-state index is 0.0225. The van der Waals surface area contributed by atoms with Gasteiger partial charge in [-0.1, -0.05) is 48.7 Å². The van der Waals surface area contributed by atoms with Crippen molar-refractivity contribution in [3.05, 3.63) is 58.1 Å². The molecular formula is C26H35Cl2N3O5S. The van der Waals surface area contributed by atoms with Gasteiger partial charge in [-0.05, 0) is 55.7 Å². The van der Waals surface area contributed by atoms with E-state index in [0.717, 1.165) is 29.0 Å². The zero-order chi connectivity index (χ0) is 27.6. The van der Waals surface area contributed by atoms with Gasteiger partial charge in [-0.3, -0.25) is 13.9 Å². The van der Waals surface area contributed by atoms with Crippen LogP contribution in [0.15, 0.2) is 42.5 Å². The van der Waals surface area contributed by atoms with Crippen LogP contribution < -0.4 is 14.4 Å². The summed E-state index contributed by atoms with van der Waals surface area (Å²) in [5.74, 6) is 0.131. The fourth-order valence-electron chi connectivity index (χ4n) is 3.75. The minimum Gasteiger partial charge on any atom is -0.497 e. The highest BCUT2D eigenvalue weighted by molar-refractivity contribution is 7.92. The molecule has 1 atom stereocenters. The third kappa shape index (κ3) is 9.39. The molecule has 0 saturated heterocycles. The van der Waals surface area contributed by atoms with Crippen molar-refractivity contribution in [3.8, 4) is 5.75 Å². The second-order valence-corrected chi connectivity index (χ2v) is 11.5. The average Bonchev–Trinajstić information content (AvgIpc) is 2.85. The van der Waals surface area contributed by atoms with Gasteiger partial charge in [0.2, 0.25) is 21.8 Å². The zero-order valence-corrected chi connectivity index (χ0v) is 24.0. The van der Waals surface area contributed by atoms with Crippen molar-refractivity contribution in [3.63, 3.8) is 0 Å². The van der Waals surface area contributed by atoms with Crippen molar-refractivity contribution < 1.29 is 22.7 Å². The molecule has 2 amide bonds. The molecular weight excluding hydrogens is 537 g/mol. The van der Waals surface area contributed by atoms with Crippen molar-refractivity contribution in [2.75, 3.05) is 30.8 Å². The number of amides is 2. The Balaban J connectivity index is 2.20. The maximum Gasteiger partial charge on any atom is 0.242 e. The van der Waals surface area contributed by atoms with Gasteiger partial charge < -0.3 is 15.0 Å². The summed E-state index contributed by atoms with van der Waals surface area (Å²) >= 11 is 12.3. The van der Waals surface area contributed by atoms with E-state index in [1.807, 2.05) is 25.1 Å². The molecule has 1 N–H and O–H groups in total. The predicted octanol–water partition coefficient (Wildman–Crippen LogP) is 4.88. The second-order valence-electron chi connectivity index (χ2n) is 8.73. The van der Waals surface area contributed by atoms with Gasteiger partial charge in [0.15, 0.2) is 0 Å². The summed E-state index contributed by atoms with van der Waals surface area (Å²) in [5, 5.41) is 3.46. The number of nitrogens with zero attached hydrogens (tertiary/aromatic N) is 2. The van der Waals surface area contributed by atoms with Crippen molar-refractivity contribution in [2.24, 2.45) is 0 Å². The fraction of sp³-hybridized carbons (Fsp3) is 0.462. The SMILES string of the molecule is CCCCNC(=O)C(C)N(Cc1cccc(OC)c1)C(=O)CCCN(c1cc(Cl)ccc1Cl)S(C)(=O)=O. The van der Waals surface area contributed by atoms with E-state index in [0.29, 0.717) is 17.3 Å². The topological polar surface area (TPSA) is 96.0 Å². The monoisotopic (exact) mass is 571 g/mol. The molecule has 0 aliphatic heterocycles. The Bertz CT molecular complexity index is 1180. The van der Waals surface area contributed by atoms with E-state index in [1.54, 1.807) is 26.2 Å². The maximum atomic E-state index is 13.4. The highest BCUT2D eigenvalue weighted by Crippen LogP contribution is 2.31. The predicted molar refractivity (Wildman–Crippen MR) is 149 cm³/mol. The third-order valence-corrected chi connectivity index (χ3v) is 7.55. The summed E-state index contributed by atoms with van der Waals surface area (Å²) < 4.78 is 31.4. The highest BCUT2D eigenvalue weighted by Gasteiger charge is 2.27. The van der Waals surface area contributed by atoms with Gasteiger partial charge in [0.25, 0.3) is 0 Å². The number of anilines is 1. The summed E-state index contributed by atoms with van der Waals surface area (Å²) in [7, 11) is -2.13. The van der Waals surface area contributed by atoms with E-state index in [4.69, 9.17) is 27.9 Å². The number of methoxy groups -OCH3 is 1. The van der Waals surface area contributed by atoms with Crippen LogP contribution in [0.2, 0.25) is 10.0 Å². The Labute approximate surface area is 229 Å². The van der Waals surface area contributed by atoms with Crippen LogP contribution in [-0.2, 0) is 26.2 Å². The largest absolute Gasteiger partial charge is 0.497 e. The summed E-state index contributed by atoms with van der Waals surface area (Å²) in [6.45, 7) is 4.48. The summed E-state index contributed by atoms with van der Waals surface area (Å²) in [6, 6.07) is 11.1. The first-order valence-electron chi connectivity index (χ1n) is 12.1. The van der Waals surface area contributed by atoms with Crippen LogP contribution >= 0.6 is 23.2 Å². The molecule has 2 rings (SSSR count). The third-order valence-electron chi connectivity index (χ3n) is 5.81. The summed E-state index contributed by atoms with van der Waals surface area (Å²) in [4.78, 5) is 27.7. The lowest BCUT2D eigenvalue weighted by Crippen LogP contribution is -2.48. The molecule has 11 heteroatoms. The smallest absolute Gasteiger partial charge is 0.242 e. The van der Waals surface area contributed by atoms with Gasteiger partial charge in [0, 0.05) is 31.1 Å². The van der Waals surface area contributed by atoms with Crippen LogP contribution in [-0.4, -0.2) is 57.6 Å². The van der Waals surface area contributed by atoms with Gasteiger partial charge in [-0.15, -0.1) is 0 Å². The molecule has 0 aliphatic carbocycles. The van der Waals surface area contributed by atoms with Crippen LogP contribution in [0, 0.1) is 0 Å².